The highest BCUT2D eigenvalue weighted by Gasteiger charge is 2.15. The van der Waals surface area contributed by atoms with Gasteiger partial charge in [-0.15, -0.1) is 11.3 Å². The quantitative estimate of drug-likeness (QED) is 0.906. The lowest BCUT2D eigenvalue weighted by Crippen LogP contribution is -2.11. The van der Waals surface area contributed by atoms with Crippen LogP contribution in [-0.2, 0) is 0 Å². The molecule has 3 nitrogen and oxygen atoms in total. The van der Waals surface area contributed by atoms with Crippen LogP contribution in [0.2, 0.25) is 0 Å². The number of rotatable bonds is 4. The van der Waals surface area contributed by atoms with E-state index >= 15 is 0 Å². The third-order valence-electron chi connectivity index (χ3n) is 2.61. The number of thiophene rings is 1. The molecule has 2 aromatic rings. The second-order valence-corrected chi connectivity index (χ2v) is 4.56. The Hall–Kier alpha value is -1.52. The van der Waals surface area contributed by atoms with E-state index in [0.717, 1.165) is 21.9 Å². The standard InChI is InChI=1S/C13H15NO2S/c1-15-10-5-3-4-9(8-10)12(14)13-11(16-2)6-7-17-13/h3-8,12H,14H2,1-2H3. The van der Waals surface area contributed by atoms with Gasteiger partial charge in [0.1, 0.15) is 11.5 Å². The average Bonchev–Trinajstić information content (AvgIpc) is 2.86. The van der Waals surface area contributed by atoms with Gasteiger partial charge in [0.15, 0.2) is 0 Å². The van der Waals surface area contributed by atoms with Gasteiger partial charge in [-0.1, -0.05) is 12.1 Å². The Morgan fingerprint density at radius 1 is 1.18 bits per heavy atom. The van der Waals surface area contributed by atoms with Crippen LogP contribution in [0.25, 0.3) is 0 Å². The van der Waals surface area contributed by atoms with Crippen molar-refractivity contribution in [2.75, 3.05) is 14.2 Å². The molecule has 2 N–H and O–H groups in total. The molecule has 2 rings (SSSR count). The van der Waals surface area contributed by atoms with Crippen LogP contribution in [-0.4, -0.2) is 14.2 Å². The Bertz CT molecular complexity index is 496. The maximum atomic E-state index is 6.24. The number of hydrogen-bond donors (Lipinski definition) is 1. The normalized spacial score (nSPS) is 12.2. The van der Waals surface area contributed by atoms with Crippen LogP contribution >= 0.6 is 11.3 Å². The van der Waals surface area contributed by atoms with Crippen LogP contribution in [0.5, 0.6) is 11.5 Å². The predicted octanol–water partition coefficient (Wildman–Crippen LogP) is 2.81. The highest BCUT2D eigenvalue weighted by atomic mass is 32.1. The molecular weight excluding hydrogens is 234 g/mol. The molecule has 0 aliphatic heterocycles. The molecule has 1 unspecified atom stereocenters. The lowest BCUT2D eigenvalue weighted by molar-refractivity contribution is 0.409. The van der Waals surface area contributed by atoms with Crippen molar-refractivity contribution in [2.45, 2.75) is 6.04 Å². The molecule has 1 aromatic carbocycles. The van der Waals surface area contributed by atoms with Gasteiger partial charge in [-0.3, -0.25) is 0 Å². The second-order valence-electron chi connectivity index (χ2n) is 3.61. The summed E-state index contributed by atoms with van der Waals surface area (Å²) in [5.74, 6) is 1.65. The fourth-order valence-corrected chi connectivity index (χ4v) is 2.58. The Morgan fingerprint density at radius 3 is 2.71 bits per heavy atom. The molecule has 0 aliphatic carbocycles. The van der Waals surface area contributed by atoms with Gasteiger partial charge in [-0.25, -0.2) is 0 Å². The van der Waals surface area contributed by atoms with Crippen LogP contribution < -0.4 is 15.2 Å². The van der Waals surface area contributed by atoms with E-state index in [2.05, 4.69) is 0 Å². The molecule has 17 heavy (non-hydrogen) atoms. The zero-order chi connectivity index (χ0) is 12.3. The van der Waals surface area contributed by atoms with Crippen LogP contribution in [0.4, 0.5) is 0 Å². The van der Waals surface area contributed by atoms with Crippen LogP contribution in [0.1, 0.15) is 16.5 Å². The van der Waals surface area contributed by atoms with E-state index in [9.17, 15) is 0 Å². The Morgan fingerprint density at radius 2 is 2.00 bits per heavy atom. The molecule has 0 fully saturated rings. The Balaban J connectivity index is 2.33. The molecule has 1 atom stereocenters. The van der Waals surface area contributed by atoms with Crippen molar-refractivity contribution in [2.24, 2.45) is 5.73 Å². The minimum atomic E-state index is -0.181. The van der Waals surface area contributed by atoms with Crippen molar-refractivity contribution in [3.05, 3.63) is 46.2 Å². The largest absolute Gasteiger partial charge is 0.497 e. The van der Waals surface area contributed by atoms with E-state index in [1.807, 2.05) is 35.7 Å². The van der Waals surface area contributed by atoms with E-state index in [-0.39, 0.29) is 6.04 Å². The number of hydrogen-bond acceptors (Lipinski definition) is 4. The first-order valence-corrected chi connectivity index (χ1v) is 6.15. The third kappa shape index (κ3) is 2.43. The van der Waals surface area contributed by atoms with Gasteiger partial charge in [0.25, 0.3) is 0 Å². The molecule has 4 heteroatoms. The van der Waals surface area contributed by atoms with E-state index in [0.29, 0.717) is 0 Å². The number of methoxy groups -OCH3 is 2. The van der Waals surface area contributed by atoms with Gasteiger partial charge in [0, 0.05) is 0 Å². The van der Waals surface area contributed by atoms with E-state index in [1.165, 1.54) is 0 Å². The number of ether oxygens (including phenoxy) is 2. The van der Waals surface area contributed by atoms with E-state index in [4.69, 9.17) is 15.2 Å². The van der Waals surface area contributed by atoms with Crippen LogP contribution in [0.3, 0.4) is 0 Å². The van der Waals surface area contributed by atoms with Crippen molar-refractivity contribution < 1.29 is 9.47 Å². The van der Waals surface area contributed by atoms with Crippen molar-refractivity contribution in [1.82, 2.24) is 0 Å². The van der Waals surface area contributed by atoms with Crippen LogP contribution in [0, 0.1) is 0 Å². The summed E-state index contributed by atoms with van der Waals surface area (Å²) >= 11 is 1.60. The molecule has 0 spiro atoms. The first-order valence-electron chi connectivity index (χ1n) is 5.27. The van der Waals surface area contributed by atoms with Gasteiger partial charge in [-0.05, 0) is 29.1 Å². The maximum Gasteiger partial charge on any atom is 0.134 e. The molecule has 0 saturated carbocycles. The van der Waals surface area contributed by atoms with Gasteiger partial charge in [0.05, 0.1) is 25.1 Å². The van der Waals surface area contributed by atoms with Crippen molar-refractivity contribution >= 4 is 11.3 Å². The molecule has 0 radical (unpaired) electrons. The monoisotopic (exact) mass is 249 g/mol. The zero-order valence-corrected chi connectivity index (χ0v) is 10.7. The molecular formula is C13H15NO2S. The summed E-state index contributed by atoms with van der Waals surface area (Å²) in [5.41, 5.74) is 7.25. The number of benzene rings is 1. The highest BCUT2D eigenvalue weighted by Crippen LogP contribution is 2.33. The minimum Gasteiger partial charge on any atom is -0.497 e. The van der Waals surface area contributed by atoms with Crippen molar-refractivity contribution in [3.8, 4) is 11.5 Å². The summed E-state index contributed by atoms with van der Waals surface area (Å²) in [4.78, 5) is 1.03. The fourth-order valence-electron chi connectivity index (χ4n) is 1.69. The van der Waals surface area contributed by atoms with E-state index < -0.39 is 0 Å². The summed E-state index contributed by atoms with van der Waals surface area (Å²) in [6, 6.07) is 9.53. The van der Waals surface area contributed by atoms with Gasteiger partial charge in [0.2, 0.25) is 0 Å². The smallest absolute Gasteiger partial charge is 0.134 e. The zero-order valence-electron chi connectivity index (χ0n) is 9.84. The molecule has 1 aromatic heterocycles. The van der Waals surface area contributed by atoms with Gasteiger partial charge < -0.3 is 15.2 Å². The third-order valence-corrected chi connectivity index (χ3v) is 3.59. The molecule has 1 heterocycles. The molecule has 0 amide bonds. The lowest BCUT2D eigenvalue weighted by Gasteiger charge is -2.13. The second kappa shape index (κ2) is 5.21. The van der Waals surface area contributed by atoms with Gasteiger partial charge >= 0.3 is 0 Å². The summed E-state index contributed by atoms with van der Waals surface area (Å²) in [6.45, 7) is 0. The van der Waals surface area contributed by atoms with Crippen molar-refractivity contribution in [3.63, 3.8) is 0 Å². The Kier molecular flexibility index (Phi) is 3.66. The maximum absolute atomic E-state index is 6.24. The predicted molar refractivity (Wildman–Crippen MR) is 69.9 cm³/mol. The highest BCUT2D eigenvalue weighted by molar-refractivity contribution is 7.10. The van der Waals surface area contributed by atoms with Crippen LogP contribution in [0.15, 0.2) is 35.7 Å². The molecule has 0 saturated heterocycles. The number of nitrogens with two attached hydrogens (primary N) is 1. The average molecular weight is 249 g/mol. The van der Waals surface area contributed by atoms with E-state index in [1.54, 1.807) is 25.6 Å². The minimum absolute atomic E-state index is 0.181. The van der Waals surface area contributed by atoms with Gasteiger partial charge in [-0.2, -0.15) is 0 Å². The summed E-state index contributed by atoms with van der Waals surface area (Å²) in [6.07, 6.45) is 0. The molecule has 0 aliphatic rings. The SMILES string of the molecule is COc1cccc(C(N)c2sccc2OC)c1. The summed E-state index contributed by atoms with van der Waals surface area (Å²) < 4.78 is 10.5. The summed E-state index contributed by atoms with van der Waals surface area (Å²) in [7, 11) is 3.31. The molecule has 90 valence electrons. The fraction of sp³-hybridized carbons (Fsp3) is 0.231. The Labute approximate surface area is 105 Å². The first kappa shape index (κ1) is 12.0. The lowest BCUT2D eigenvalue weighted by atomic mass is 10.1. The van der Waals surface area contributed by atoms with Crippen molar-refractivity contribution in [1.29, 1.82) is 0 Å². The summed E-state index contributed by atoms with van der Waals surface area (Å²) in [5, 5.41) is 1.98. The molecule has 0 bridgehead atoms. The topological polar surface area (TPSA) is 44.5 Å². The first-order chi connectivity index (χ1) is 8.26.